The SMILES string of the molecule is Cc1ccc2c(c1)SC(C(=O)N1CCCCCC1c1cccn1C)C2. The normalized spacial score (nSPS) is 23.4. The van der Waals surface area contributed by atoms with Crippen LogP contribution in [0.1, 0.15) is 48.5 Å². The molecule has 3 nitrogen and oxygen atoms in total. The molecule has 2 aromatic rings. The number of benzene rings is 1. The van der Waals surface area contributed by atoms with Gasteiger partial charge in [0.25, 0.3) is 0 Å². The van der Waals surface area contributed by atoms with Gasteiger partial charge in [0.15, 0.2) is 0 Å². The molecule has 132 valence electrons. The Bertz CT molecular complexity index is 782. The van der Waals surface area contributed by atoms with Crippen molar-refractivity contribution in [3.8, 4) is 0 Å². The summed E-state index contributed by atoms with van der Waals surface area (Å²) in [6.45, 7) is 3.01. The Morgan fingerprint density at radius 3 is 2.88 bits per heavy atom. The van der Waals surface area contributed by atoms with E-state index >= 15 is 0 Å². The topological polar surface area (TPSA) is 25.2 Å². The van der Waals surface area contributed by atoms with Crippen LogP contribution in [0, 0.1) is 6.92 Å². The van der Waals surface area contributed by atoms with E-state index in [9.17, 15) is 4.79 Å². The van der Waals surface area contributed by atoms with Gasteiger partial charge in [-0.3, -0.25) is 4.79 Å². The molecule has 0 radical (unpaired) electrons. The number of fused-ring (bicyclic) bond motifs is 1. The van der Waals surface area contributed by atoms with Crippen LogP contribution < -0.4 is 0 Å². The molecular weight excluding hydrogens is 328 g/mol. The lowest BCUT2D eigenvalue weighted by molar-refractivity contribution is -0.133. The number of carbonyl (C=O) groups is 1. The van der Waals surface area contributed by atoms with Crippen molar-refractivity contribution in [1.82, 2.24) is 9.47 Å². The summed E-state index contributed by atoms with van der Waals surface area (Å²) in [4.78, 5) is 16.9. The van der Waals surface area contributed by atoms with Crippen LogP contribution in [0.5, 0.6) is 0 Å². The summed E-state index contributed by atoms with van der Waals surface area (Å²) >= 11 is 1.76. The first-order valence-electron chi connectivity index (χ1n) is 9.31. The second kappa shape index (κ2) is 6.91. The summed E-state index contributed by atoms with van der Waals surface area (Å²) < 4.78 is 2.18. The van der Waals surface area contributed by atoms with Gasteiger partial charge in [-0.2, -0.15) is 0 Å². The molecule has 4 rings (SSSR count). The first-order valence-corrected chi connectivity index (χ1v) is 10.2. The Labute approximate surface area is 154 Å². The van der Waals surface area contributed by atoms with Crippen LogP contribution in [0.3, 0.4) is 0 Å². The van der Waals surface area contributed by atoms with Gasteiger partial charge in [0.2, 0.25) is 5.91 Å². The molecule has 3 heterocycles. The zero-order chi connectivity index (χ0) is 17.4. The zero-order valence-corrected chi connectivity index (χ0v) is 15.9. The van der Waals surface area contributed by atoms with Gasteiger partial charge in [0.05, 0.1) is 11.3 Å². The standard InChI is InChI=1S/C21H26N2OS/c1-15-9-10-16-14-20(25-19(16)13-15)21(24)23-12-5-3-4-7-18(23)17-8-6-11-22(17)2/h6,8-11,13,18,20H,3-5,7,12,14H2,1-2H3. The van der Waals surface area contributed by atoms with E-state index in [1.165, 1.54) is 34.6 Å². The van der Waals surface area contributed by atoms with Crippen LogP contribution in [0.4, 0.5) is 0 Å². The number of carbonyl (C=O) groups excluding carboxylic acids is 1. The van der Waals surface area contributed by atoms with Gasteiger partial charge in [-0.15, -0.1) is 11.8 Å². The number of rotatable bonds is 2. The van der Waals surface area contributed by atoms with Crippen LogP contribution in [-0.4, -0.2) is 27.2 Å². The lowest BCUT2D eigenvalue weighted by Gasteiger charge is -2.32. The quantitative estimate of drug-likeness (QED) is 0.794. The van der Waals surface area contributed by atoms with E-state index < -0.39 is 0 Å². The van der Waals surface area contributed by atoms with Crippen molar-refractivity contribution in [1.29, 1.82) is 0 Å². The second-order valence-electron chi connectivity index (χ2n) is 7.36. The van der Waals surface area contributed by atoms with E-state index in [0.29, 0.717) is 5.91 Å². The number of hydrogen-bond donors (Lipinski definition) is 0. The lowest BCUT2D eigenvalue weighted by atomic mass is 10.0. The third-order valence-electron chi connectivity index (χ3n) is 5.53. The van der Waals surface area contributed by atoms with Crippen molar-refractivity contribution in [2.75, 3.05) is 6.54 Å². The van der Waals surface area contributed by atoms with Gasteiger partial charge < -0.3 is 9.47 Å². The molecule has 2 aliphatic heterocycles. The van der Waals surface area contributed by atoms with Gasteiger partial charge in [0, 0.05) is 30.4 Å². The van der Waals surface area contributed by atoms with E-state index in [1.54, 1.807) is 11.8 Å². The number of aromatic nitrogens is 1. The van der Waals surface area contributed by atoms with Crippen molar-refractivity contribution in [3.05, 3.63) is 53.3 Å². The molecule has 0 aliphatic carbocycles. The number of nitrogens with zero attached hydrogens (tertiary/aromatic N) is 2. The summed E-state index contributed by atoms with van der Waals surface area (Å²) in [6.07, 6.45) is 7.59. The molecule has 1 amide bonds. The van der Waals surface area contributed by atoms with Crippen molar-refractivity contribution < 1.29 is 4.79 Å². The molecule has 0 bridgehead atoms. The predicted octanol–water partition coefficient (Wildman–Crippen LogP) is 4.49. The number of hydrogen-bond acceptors (Lipinski definition) is 2. The molecule has 1 aromatic carbocycles. The van der Waals surface area contributed by atoms with Gasteiger partial charge >= 0.3 is 0 Å². The maximum atomic E-state index is 13.4. The Balaban J connectivity index is 1.58. The second-order valence-corrected chi connectivity index (χ2v) is 8.61. The summed E-state index contributed by atoms with van der Waals surface area (Å²) in [7, 11) is 2.09. The molecule has 4 heteroatoms. The van der Waals surface area contributed by atoms with Crippen LogP contribution in [0.15, 0.2) is 41.4 Å². The average molecular weight is 355 g/mol. The minimum atomic E-state index is 0.0395. The van der Waals surface area contributed by atoms with Crippen LogP contribution in [0.2, 0.25) is 0 Å². The molecule has 0 saturated carbocycles. The highest BCUT2D eigenvalue weighted by atomic mass is 32.2. The highest BCUT2D eigenvalue weighted by Crippen LogP contribution is 2.40. The number of thioether (sulfide) groups is 1. The van der Waals surface area contributed by atoms with Crippen LogP contribution in [0.25, 0.3) is 0 Å². The number of aryl methyl sites for hydroxylation is 2. The molecule has 2 atom stereocenters. The van der Waals surface area contributed by atoms with E-state index in [-0.39, 0.29) is 11.3 Å². The molecule has 2 aliphatic rings. The lowest BCUT2D eigenvalue weighted by Crippen LogP contribution is -2.40. The fraction of sp³-hybridized carbons (Fsp3) is 0.476. The first kappa shape index (κ1) is 16.8. The Kier molecular flexibility index (Phi) is 4.63. The fourth-order valence-corrected chi connectivity index (χ4v) is 5.52. The summed E-state index contributed by atoms with van der Waals surface area (Å²) in [6, 6.07) is 11.1. The number of amides is 1. The highest BCUT2D eigenvalue weighted by Gasteiger charge is 2.36. The minimum absolute atomic E-state index is 0.0395. The Morgan fingerprint density at radius 2 is 2.08 bits per heavy atom. The highest BCUT2D eigenvalue weighted by molar-refractivity contribution is 8.01. The molecule has 1 fully saturated rings. The monoisotopic (exact) mass is 354 g/mol. The minimum Gasteiger partial charge on any atom is -0.353 e. The maximum Gasteiger partial charge on any atom is 0.236 e. The van der Waals surface area contributed by atoms with Crippen molar-refractivity contribution >= 4 is 17.7 Å². The smallest absolute Gasteiger partial charge is 0.236 e. The third-order valence-corrected chi connectivity index (χ3v) is 6.82. The van der Waals surface area contributed by atoms with Gasteiger partial charge in [0.1, 0.15) is 0 Å². The summed E-state index contributed by atoms with van der Waals surface area (Å²) in [5, 5.41) is 0.0395. The molecule has 2 unspecified atom stereocenters. The van der Waals surface area contributed by atoms with Gasteiger partial charge in [-0.1, -0.05) is 30.5 Å². The number of likely N-dealkylation sites (tertiary alicyclic amines) is 1. The molecular formula is C21H26N2OS. The van der Waals surface area contributed by atoms with Gasteiger partial charge in [-0.05, 0) is 49.9 Å². The van der Waals surface area contributed by atoms with Crippen molar-refractivity contribution in [2.24, 2.45) is 7.05 Å². The van der Waals surface area contributed by atoms with E-state index in [2.05, 4.69) is 60.0 Å². The van der Waals surface area contributed by atoms with Crippen LogP contribution >= 0.6 is 11.8 Å². The first-order chi connectivity index (χ1) is 12.1. The van der Waals surface area contributed by atoms with E-state index in [1.807, 2.05) is 0 Å². The predicted molar refractivity (Wildman–Crippen MR) is 103 cm³/mol. The Hall–Kier alpha value is -1.68. The largest absolute Gasteiger partial charge is 0.353 e. The van der Waals surface area contributed by atoms with Crippen molar-refractivity contribution in [3.63, 3.8) is 0 Å². The summed E-state index contributed by atoms with van der Waals surface area (Å²) in [5.74, 6) is 0.326. The molecule has 0 spiro atoms. The van der Waals surface area contributed by atoms with E-state index in [4.69, 9.17) is 0 Å². The third kappa shape index (κ3) is 3.24. The fourth-order valence-electron chi connectivity index (χ4n) is 4.16. The average Bonchev–Trinajstić information content (AvgIpc) is 3.13. The maximum absolute atomic E-state index is 13.4. The van der Waals surface area contributed by atoms with Crippen molar-refractivity contribution in [2.45, 2.75) is 55.2 Å². The Morgan fingerprint density at radius 1 is 1.20 bits per heavy atom. The van der Waals surface area contributed by atoms with Gasteiger partial charge in [-0.25, -0.2) is 0 Å². The van der Waals surface area contributed by atoms with E-state index in [0.717, 1.165) is 25.8 Å². The zero-order valence-electron chi connectivity index (χ0n) is 15.1. The molecule has 1 saturated heterocycles. The summed E-state index contributed by atoms with van der Waals surface area (Å²) in [5.41, 5.74) is 3.88. The molecule has 0 N–H and O–H groups in total. The van der Waals surface area contributed by atoms with Crippen LogP contribution in [-0.2, 0) is 18.3 Å². The molecule has 25 heavy (non-hydrogen) atoms. The molecule has 1 aromatic heterocycles.